The van der Waals surface area contributed by atoms with Crippen molar-refractivity contribution in [1.29, 1.82) is 0 Å². The van der Waals surface area contributed by atoms with E-state index < -0.39 is 0 Å². The van der Waals surface area contributed by atoms with Gasteiger partial charge in [-0.25, -0.2) is 0 Å². The van der Waals surface area contributed by atoms with Crippen LogP contribution in [-0.4, -0.2) is 0 Å². The number of allylic oxidation sites excluding steroid dienone is 6. The van der Waals surface area contributed by atoms with Crippen molar-refractivity contribution in [3.05, 3.63) is 193 Å². The molecule has 4 N–H and O–H groups in total. The Balaban J connectivity index is 1.36. The number of rotatable bonds is 6. The van der Waals surface area contributed by atoms with Crippen LogP contribution in [0.1, 0.15) is 25.0 Å². The molecule has 12 rings (SSSR count). The number of nitrogens with two attached hydrogens (primary N) is 2. The van der Waals surface area contributed by atoms with Crippen LogP contribution in [0.5, 0.6) is 0 Å². The highest BCUT2D eigenvalue weighted by Crippen LogP contribution is 2.55. The second-order valence-corrected chi connectivity index (χ2v) is 16.3. The SMILES string of the molecule is C/C=C\C=C(/N)c1cccc(-c2c3cc4c(cc3c(-c3cccc(/C(N)=C/C=C\C)c3)c3c5cc6cccc7ccc8ccc(c23)c5c8c76)c2cccc3cccc4c32)c1. The molecule has 0 aromatic heterocycles. The summed E-state index contributed by atoms with van der Waals surface area (Å²) >= 11 is 0. The third-order valence-corrected chi connectivity index (χ3v) is 13.0. The third kappa shape index (κ3) is 4.76. The van der Waals surface area contributed by atoms with Crippen molar-refractivity contribution in [1.82, 2.24) is 0 Å². The highest BCUT2D eigenvalue weighted by atomic mass is 14.6. The van der Waals surface area contributed by atoms with Gasteiger partial charge in [-0.2, -0.15) is 0 Å². The normalized spacial score (nSPS) is 13.4. The minimum Gasteiger partial charge on any atom is -0.398 e. The van der Waals surface area contributed by atoms with Gasteiger partial charge in [-0.3, -0.25) is 0 Å². The molecule has 0 spiro atoms. The zero-order valence-electron chi connectivity index (χ0n) is 33.5. The highest BCUT2D eigenvalue weighted by molar-refractivity contribution is 6.46. The van der Waals surface area contributed by atoms with Crippen LogP contribution in [0.2, 0.25) is 0 Å². The molecule has 282 valence electrons. The quantitative estimate of drug-likeness (QED) is 0.131. The van der Waals surface area contributed by atoms with Crippen molar-refractivity contribution >= 4 is 108 Å². The van der Waals surface area contributed by atoms with E-state index in [-0.39, 0.29) is 0 Å². The van der Waals surface area contributed by atoms with Gasteiger partial charge >= 0.3 is 0 Å². The van der Waals surface area contributed by atoms with Crippen LogP contribution >= 0.6 is 0 Å². The zero-order valence-corrected chi connectivity index (χ0v) is 33.5. The molecule has 12 aromatic rings. The predicted molar refractivity (Wildman–Crippen MR) is 262 cm³/mol. The Morgan fingerprint density at radius 2 is 0.833 bits per heavy atom. The minimum absolute atomic E-state index is 0.735. The van der Waals surface area contributed by atoms with E-state index in [2.05, 4.69) is 146 Å². The molecule has 0 amide bonds. The largest absolute Gasteiger partial charge is 0.398 e. The smallest absolute Gasteiger partial charge is 0.0387 e. The molecule has 0 aliphatic carbocycles. The van der Waals surface area contributed by atoms with Crippen LogP contribution in [0.15, 0.2) is 182 Å². The number of benzene rings is 10. The van der Waals surface area contributed by atoms with Gasteiger partial charge in [-0.1, -0.05) is 140 Å². The van der Waals surface area contributed by atoms with E-state index >= 15 is 0 Å². The Bertz CT molecular complexity index is 3850. The summed E-state index contributed by atoms with van der Waals surface area (Å²) in [6.45, 7) is 4.03. The average molecular weight is 765 g/mol. The molecule has 0 bridgehead atoms. The van der Waals surface area contributed by atoms with E-state index in [0.717, 1.165) is 33.6 Å². The first-order valence-corrected chi connectivity index (χ1v) is 20.8. The number of fused-ring (bicyclic) bond motifs is 7. The fourth-order valence-corrected chi connectivity index (χ4v) is 10.5. The predicted octanol–water partition coefficient (Wildman–Crippen LogP) is 15.5. The van der Waals surface area contributed by atoms with Gasteiger partial charge in [-0.15, -0.1) is 0 Å². The molecule has 0 atom stereocenters. The number of hydrogen-bond donors (Lipinski definition) is 2. The summed E-state index contributed by atoms with van der Waals surface area (Å²) in [7, 11) is 0. The van der Waals surface area contributed by atoms with Crippen LogP contribution in [0.4, 0.5) is 0 Å². The van der Waals surface area contributed by atoms with Crippen molar-refractivity contribution in [2.75, 3.05) is 0 Å². The topological polar surface area (TPSA) is 52.0 Å². The lowest BCUT2D eigenvalue weighted by Gasteiger charge is -2.18. The summed E-state index contributed by atoms with van der Waals surface area (Å²) in [5, 5.41) is 22.9. The monoisotopic (exact) mass is 764 g/mol. The lowest BCUT2D eigenvalue weighted by Crippen LogP contribution is -1.97. The van der Waals surface area contributed by atoms with Gasteiger partial charge in [0.25, 0.3) is 0 Å². The van der Waals surface area contributed by atoms with Crippen LogP contribution < -0.4 is 11.5 Å². The molecule has 0 radical (unpaired) electrons. The van der Waals surface area contributed by atoms with Gasteiger partial charge in [0, 0.05) is 11.4 Å². The first kappa shape index (κ1) is 34.4. The summed E-state index contributed by atoms with van der Waals surface area (Å²) in [6, 6.07) is 54.6. The lowest BCUT2D eigenvalue weighted by atomic mass is 9.84. The van der Waals surface area contributed by atoms with Crippen LogP contribution in [0.25, 0.3) is 131 Å². The Morgan fingerprint density at radius 3 is 1.42 bits per heavy atom. The molecule has 12 aromatic carbocycles. The van der Waals surface area contributed by atoms with E-state index in [1.165, 1.54) is 108 Å². The Kier molecular flexibility index (Phi) is 7.40. The first-order valence-electron chi connectivity index (χ1n) is 20.8. The van der Waals surface area contributed by atoms with Gasteiger partial charge in [0.15, 0.2) is 0 Å². The van der Waals surface area contributed by atoms with Crippen molar-refractivity contribution in [2.24, 2.45) is 11.5 Å². The van der Waals surface area contributed by atoms with Gasteiger partial charge < -0.3 is 11.5 Å². The third-order valence-electron chi connectivity index (χ3n) is 13.0. The molecular formula is C58H40N2. The molecule has 0 heterocycles. The van der Waals surface area contributed by atoms with Gasteiger partial charge in [0.2, 0.25) is 0 Å². The number of hydrogen-bond acceptors (Lipinski definition) is 2. The van der Waals surface area contributed by atoms with Crippen LogP contribution in [0, 0.1) is 0 Å². The summed E-state index contributed by atoms with van der Waals surface area (Å²) < 4.78 is 0. The van der Waals surface area contributed by atoms with E-state index in [9.17, 15) is 0 Å². The summed E-state index contributed by atoms with van der Waals surface area (Å²) in [6.07, 6.45) is 12.0. The maximum atomic E-state index is 6.80. The van der Waals surface area contributed by atoms with E-state index in [0.29, 0.717) is 0 Å². The van der Waals surface area contributed by atoms with Gasteiger partial charge in [-0.05, 0) is 187 Å². The molecule has 2 nitrogen and oxygen atoms in total. The van der Waals surface area contributed by atoms with Gasteiger partial charge in [0.1, 0.15) is 0 Å². The summed E-state index contributed by atoms with van der Waals surface area (Å²) in [5.41, 5.74) is 21.8. The van der Waals surface area contributed by atoms with Crippen LogP contribution in [-0.2, 0) is 0 Å². The maximum absolute atomic E-state index is 6.80. The average Bonchev–Trinajstić information content (AvgIpc) is 3.79. The van der Waals surface area contributed by atoms with Crippen molar-refractivity contribution < 1.29 is 0 Å². The molecule has 0 aliphatic heterocycles. The molecular weight excluding hydrogens is 725 g/mol. The van der Waals surface area contributed by atoms with Gasteiger partial charge in [0.05, 0.1) is 0 Å². The highest BCUT2D eigenvalue weighted by Gasteiger charge is 2.27. The molecule has 0 aliphatic rings. The minimum atomic E-state index is 0.735. The second kappa shape index (κ2) is 12.9. The fraction of sp³-hybridized carbons (Fsp3) is 0.0345. The van der Waals surface area contributed by atoms with Crippen molar-refractivity contribution in [3.63, 3.8) is 0 Å². The Hall–Kier alpha value is -7.68. The molecule has 0 unspecified atom stereocenters. The van der Waals surface area contributed by atoms with Crippen molar-refractivity contribution in [2.45, 2.75) is 13.8 Å². The Labute approximate surface area is 347 Å². The van der Waals surface area contributed by atoms with E-state index in [1.807, 2.05) is 50.3 Å². The molecule has 0 saturated carbocycles. The van der Waals surface area contributed by atoms with E-state index in [4.69, 9.17) is 11.5 Å². The maximum Gasteiger partial charge on any atom is 0.0387 e. The molecule has 2 heteroatoms. The second-order valence-electron chi connectivity index (χ2n) is 16.3. The Morgan fingerprint density at radius 1 is 0.350 bits per heavy atom. The summed E-state index contributed by atoms with van der Waals surface area (Å²) in [5.74, 6) is 0. The molecule has 0 saturated heterocycles. The molecule has 0 fully saturated rings. The van der Waals surface area contributed by atoms with E-state index in [1.54, 1.807) is 0 Å². The van der Waals surface area contributed by atoms with Crippen LogP contribution in [0.3, 0.4) is 0 Å². The standard InChI is InChI=1S/C58H40N2/c1-3-5-22-49(59)36-15-8-17-38(28-36)53-46-31-44-41-20-10-13-33-14-11-21-42(52(33)41)45(44)32-47(46)54(39-18-9-16-37(29-39)50(60)23-6-4-2)58-48-30-40-19-7-12-34-24-25-35-26-27-43(57(53)58)56(48)55(35)51(34)40/h3-32H,59-60H2,1-2H3/b5-3-,6-4-,49-22-,50-23-. The summed E-state index contributed by atoms with van der Waals surface area (Å²) in [4.78, 5) is 0. The first-order chi connectivity index (χ1) is 29.5. The fourth-order valence-electron chi connectivity index (χ4n) is 10.5. The lowest BCUT2D eigenvalue weighted by molar-refractivity contribution is 1.51. The molecule has 60 heavy (non-hydrogen) atoms. The zero-order chi connectivity index (χ0) is 40.2. The van der Waals surface area contributed by atoms with Crippen molar-refractivity contribution in [3.8, 4) is 22.3 Å².